The Kier molecular flexibility index (Phi) is 2.24. The van der Waals surface area contributed by atoms with Crippen LogP contribution in [0, 0.1) is 5.41 Å². The summed E-state index contributed by atoms with van der Waals surface area (Å²) >= 11 is 0. The van der Waals surface area contributed by atoms with E-state index >= 15 is 0 Å². The van der Waals surface area contributed by atoms with Gasteiger partial charge in [0.1, 0.15) is 0 Å². The van der Waals surface area contributed by atoms with Crippen molar-refractivity contribution in [2.24, 2.45) is 5.41 Å². The first-order valence-electron chi connectivity index (χ1n) is 4.56. The molecule has 0 amide bonds. The quantitative estimate of drug-likeness (QED) is 0.541. The summed E-state index contributed by atoms with van der Waals surface area (Å²) in [7, 11) is 0.801. The summed E-state index contributed by atoms with van der Waals surface area (Å²) in [5.41, 5.74) is 0.373. The average molecular weight is 200 g/mol. The number of rotatable bonds is 0. The Balaban J connectivity index is 3.13. The maximum absolute atomic E-state index is 5.94. The molecule has 1 aliphatic heterocycles. The molecule has 0 N–H and O–H groups in total. The highest BCUT2D eigenvalue weighted by Gasteiger charge is 2.49. The SMILES string of the molecule is CC1(C)O[SiH]=[SiH]C(C)(C)C1(C)C. The molecule has 0 aromatic carbocycles. The largest absolute Gasteiger partial charge is 0.553 e. The lowest BCUT2D eigenvalue weighted by atomic mass is 9.68. The lowest BCUT2D eigenvalue weighted by Crippen LogP contribution is -2.52. The van der Waals surface area contributed by atoms with Gasteiger partial charge in [0.15, 0.2) is 8.86 Å². The molecule has 0 aromatic heterocycles. The predicted molar refractivity (Wildman–Crippen MR) is 57.3 cm³/mol. The summed E-state index contributed by atoms with van der Waals surface area (Å²) in [4.78, 5) is 0. The van der Waals surface area contributed by atoms with Crippen molar-refractivity contribution in [2.45, 2.75) is 52.2 Å². The Hall–Kier alpha value is 0.234. The fourth-order valence-corrected chi connectivity index (χ4v) is 6.81. The van der Waals surface area contributed by atoms with Gasteiger partial charge in [-0.15, -0.1) is 0 Å². The van der Waals surface area contributed by atoms with E-state index in [9.17, 15) is 0 Å². The molecule has 3 heteroatoms. The molecule has 0 unspecified atom stereocenters. The maximum Gasteiger partial charge on any atom is 0.181 e. The summed E-state index contributed by atoms with van der Waals surface area (Å²) in [5.74, 6) is 0. The van der Waals surface area contributed by atoms with Gasteiger partial charge in [-0.25, -0.2) is 0 Å². The van der Waals surface area contributed by atoms with Crippen LogP contribution in [0.4, 0.5) is 0 Å². The van der Waals surface area contributed by atoms with Crippen LogP contribution in [-0.2, 0) is 4.43 Å². The Morgan fingerprint density at radius 1 is 0.917 bits per heavy atom. The van der Waals surface area contributed by atoms with Crippen molar-refractivity contribution in [3.8, 4) is 0 Å². The monoisotopic (exact) mass is 200 g/mol. The van der Waals surface area contributed by atoms with Gasteiger partial charge in [-0.1, -0.05) is 27.7 Å². The molecule has 0 bridgehead atoms. The summed E-state index contributed by atoms with van der Waals surface area (Å²) in [5, 5.41) is 0.504. The van der Waals surface area contributed by atoms with E-state index in [1.54, 1.807) is 0 Å². The van der Waals surface area contributed by atoms with Crippen LogP contribution in [0.25, 0.3) is 0 Å². The zero-order valence-corrected chi connectivity index (χ0v) is 11.4. The lowest BCUT2D eigenvalue weighted by Gasteiger charge is -2.53. The smallest absolute Gasteiger partial charge is 0.181 e. The summed E-state index contributed by atoms with van der Waals surface area (Å²) in [6.45, 7) is 14.0. The van der Waals surface area contributed by atoms with Gasteiger partial charge in [0.25, 0.3) is 0 Å². The zero-order chi connectivity index (χ0) is 9.62. The molecule has 1 rings (SSSR count). The number of hydrogen-bond donors (Lipinski definition) is 0. The minimum absolute atomic E-state index is 0.0666. The second kappa shape index (κ2) is 2.61. The van der Waals surface area contributed by atoms with Gasteiger partial charge in [-0.3, -0.25) is 0 Å². The molecule has 0 saturated carbocycles. The van der Waals surface area contributed by atoms with Crippen molar-refractivity contribution in [3.63, 3.8) is 0 Å². The lowest BCUT2D eigenvalue weighted by molar-refractivity contribution is -0.0342. The molecular formula is C9H20OSi2. The van der Waals surface area contributed by atoms with E-state index in [1.165, 1.54) is 0 Å². The predicted octanol–water partition coefficient (Wildman–Crippen LogP) is 1.72. The van der Waals surface area contributed by atoms with Crippen LogP contribution < -0.4 is 0 Å². The van der Waals surface area contributed by atoms with Crippen LogP contribution in [0.5, 0.6) is 0 Å². The van der Waals surface area contributed by atoms with Crippen molar-refractivity contribution in [1.29, 1.82) is 0 Å². The zero-order valence-electron chi connectivity index (χ0n) is 9.06. The van der Waals surface area contributed by atoms with Gasteiger partial charge in [0.05, 0.1) is 5.60 Å². The van der Waals surface area contributed by atoms with Gasteiger partial charge in [0.2, 0.25) is 0 Å². The summed E-state index contributed by atoms with van der Waals surface area (Å²) in [6, 6.07) is 0. The molecule has 0 aliphatic carbocycles. The Bertz CT molecular complexity index is 217. The van der Waals surface area contributed by atoms with Crippen molar-refractivity contribution >= 4 is 17.5 Å². The first-order valence-corrected chi connectivity index (χ1v) is 8.28. The Morgan fingerprint density at radius 3 is 1.75 bits per heavy atom. The normalized spacial score (nSPS) is 29.5. The molecule has 12 heavy (non-hydrogen) atoms. The molecule has 0 fully saturated rings. The number of hydrogen-bond acceptors (Lipinski definition) is 1. The average Bonchev–Trinajstić information content (AvgIpc) is 1.83. The van der Waals surface area contributed by atoms with E-state index in [0.29, 0.717) is 19.1 Å². The van der Waals surface area contributed by atoms with E-state index < -0.39 is 0 Å². The molecule has 0 spiro atoms. The molecule has 0 aromatic rings. The molecule has 1 heterocycles. The van der Waals surface area contributed by atoms with Gasteiger partial charge >= 0.3 is 0 Å². The van der Waals surface area contributed by atoms with Crippen molar-refractivity contribution in [3.05, 3.63) is 0 Å². The van der Waals surface area contributed by atoms with Crippen LogP contribution in [-0.4, -0.2) is 23.1 Å². The van der Waals surface area contributed by atoms with Crippen molar-refractivity contribution in [2.75, 3.05) is 0 Å². The fraction of sp³-hybridized carbons (Fsp3) is 1.00. The summed E-state index contributed by atoms with van der Waals surface area (Å²) in [6.07, 6.45) is 0. The van der Waals surface area contributed by atoms with E-state index in [-0.39, 0.29) is 14.5 Å². The molecule has 1 aliphatic rings. The van der Waals surface area contributed by atoms with Crippen LogP contribution in [0.2, 0.25) is 5.04 Å². The van der Waals surface area contributed by atoms with Crippen molar-refractivity contribution < 1.29 is 4.43 Å². The third-order valence-electron chi connectivity index (χ3n) is 3.96. The fourth-order valence-electron chi connectivity index (χ4n) is 1.51. The van der Waals surface area contributed by atoms with Gasteiger partial charge in [-0.2, -0.15) is 0 Å². The molecular weight excluding hydrogens is 180 g/mol. The third-order valence-corrected chi connectivity index (χ3v) is 9.70. The molecule has 0 atom stereocenters. The second-order valence-corrected chi connectivity index (χ2v) is 9.38. The molecule has 0 saturated heterocycles. The maximum atomic E-state index is 5.94. The van der Waals surface area contributed by atoms with E-state index in [1.807, 2.05) is 0 Å². The highest BCUT2D eigenvalue weighted by atomic mass is 28.9. The molecule has 70 valence electrons. The minimum atomic E-state index is 0.0666. The summed E-state index contributed by atoms with van der Waals surface area (Å²) < 4.78 is 5.94. The first kappa shape index (κ1) is 10.3. The Morgan fingerprint density at radius 2 is 1.42 bits per heavy atom. The minimum Gasteiger partial charge on any atom is -0.553 e. The van der Waals surface area contributed by atoms with E-state index in [2.05, 4.69) is 41.5 Å². The van der Waals surface area contributed by atoms with Crippen LogP contribution >= 0.6 is 0 Å². The highest BCUT2D eigenvalue weighted by Crippen LogP contribution is 2.52. The Labute approximate surface area is 80.0 Å². The third kappa shape index (κ3) is 1.27. The van der Waals surface area contributed by atoms with E-state index in [0.717, 1.165) is 0 Å². The first-order chi connectivity index (χ1) is 5.21. The second-order valence-electron chi connectivity index (χ2n) is 5.28. The van der Waals surface area contributed by atoms with Crippen LogP contribution in [0.1, 0.15) is 41.5 Å². The van der Waals surface area contributed by atoms with Crippen molar-refractivity contribution in [1.82, 2.24) is 0 Å². The molecule has 1 nitrogen and oxygen atoms in total. The van der Waals surface area contributed by atoms with Crippen LogP contribution in [0.15, 0.2) is 0 Å². The standard InChI is InChI=1S/C9H20OSi2/c1-7(2)8(3,4)10-12-11-9(7,5)6/h11-12H,1-6H3. The van der Waals surface area contributed by atoms with Gasteiger partial charge in [-0.05, 0) is 18.9 Å². The molecule has 0 radical (unpaired) electrons. The van der Waals surface area contributed by atoms with Crippen LogP contribution in [0.3, 0.4) is 0 Å². The highest BCUT2D eigenvalue weighted by molar-refractivity contribution is 6.72. The topological polar surface area (TPSA) is 9.23 Å². The van der Waals surface area contributed by atoms with Gasteiger partial charge < -0.3 is 4.43 Å². The van der Waals surface area contributed by atoms with E-state index in [4.69, 9.17) is 4.43 Å². The van der Waals surface area contributed by atoms with Gasteiger partial charge in [0, 0.05) is 14.0 Å².